The minimum absolute atomic E-state index is 0.251. The van der Waals surface area contributed by atoms with Crippen LogP contribution in [0.4, 0.5) is 0 Å². The van der Waals surface area contributed by atoms with Crippen LogP contribution in [-0.2, 0) is 4.79 Å². The maximum Gasteiger partial charge on any atom is 0.303 e. The van der Waals surface area contributed by atoms with Crippen LogP contribution in [0.5, 0.6) is 0 Å². The maximum absolute atomic E-state index is 10.3. The molecule has 0 aromatic carbocycles. The predicted octanol–water partition coefficient (Wildman–Crippen LogP) is 5.88. The van der Waals surface area contributed by atoms with Crippen LogP contribution in [0.3, 0.4) is 0 Å². The Labute approximate surface area is 125 Å². The van der Waals surface area contributed by atoms with Crippen molar-refractivity contribution in [1.82, 2.24) is 0 Å². The summed E-state index contributed by atoms with van der Waals surface area (Å²) >= 11 is 0. The molecule has 0 saturated heterocycles. The van der Waals surface area contributed by atoms with E-state index in [9.17, 15) is 4.79 Å². The molecule has 1 N–H and O–H groups in total. The Bertz CT molecular complexity index is 267. The molecule has 0 aliphatic heterocycles. The Morgan fingerprint density at radius 2 is 1.20 bits per heavy atom. The van der Waals surface area contributed by atoms with Crippen molar-refractivity contribution < 1.29 is 9.90 Å². The normalized spacial score (nSPS) is 11.7. The summed E-state index contributed by atoms with van der Waals surface area (Å²) in [7, 11) is 0. The zero-order valence-electron chi connectivity index (χ0n) is 13.2. The summed E-state index contributed by atoms with van der Waals surface area (Å²) in [4.78, 5) is 10.3. The fourth-order valence-electron chi connectivity index (χ4n) is 2.07. The Hall–Kier alpha value is -1.05. The van der Waals surface area contributed by atoms with Crippen LogP contribution in [0, 0.1) is 0 Å². The van der Waals surface area contributed by atoms with Crippen LogP contribution in [-0.4, -0.2) is 11.1 Å². The van der Waals surface area contributed by atoms with Crippen LogP contribution in [0.25, 0.3) is 0 Å². The van der Waals surface area contributed by atoms with Crippen LogP contribution in [0.2, 0.25) is 0 Å². The van der Waals surface area contributed by atoms with Crippen LogP contribution in [0.15, 0.2) is 24.3 Å². The SMILES string of the molecule is CCCCC/C=C/CCCCCC/C=C/CCC(=O)O. The van der Waals surface area contributed by atoms with Crippen molar-refractivity contribution in [3.05, 3.63) is 24.3 Å². The highest BCUT2D eigenvalue weighted by atomic mass is 16.4. The van der Waals surface area contributed by atoms with E-state index in [1.165, 1.54) is 57.8 Å². The molecule has 0 aliphatic rings. The minimum atomic E-state index is -0.711. The van der Waals surface area contributed by atoms with Crippen molar-refractivity contribution in [3.63, 3.8) is 0 Å². The Kier molecular flexibility index (Phi) is 15.2. The van der Waals surface area contributed by atoms with Crippen molar-refractivity contribution in [2.45, 2.75) is 84.0 Å². The summed E-state index contributed by atoms with van der Waals surface area (Å²) in [6, 6.07) is 0. The van der Waals surface area contributed by atoms with Crippen molar-refractivity contribution in [2.24, 2.45) is 0 Å². The number of hydrogen-bond acceptors (Lipinski definition) is 1. The predicted molar refractivity (Wildman–Crippen MR) is 87.0 cm³/mol. The first-order chi connectivity index (χ1) is 9.77. The van der Waals surface area contributed by atoms with Crippen LogP contribution in [0.1, 0.15) is 84.0 Å². The van der Waals surface area contributed by atoms with E-state index in [2.05, 4.69) is 25.2 Å². The molecule has 0 rings (SSSR count). The first-order valence-corrected chi connectivity index (χ1v) is 8.29. The van der Waals surface area contributed by atoms with Crippen molar-refractivity contribution in [3.8, 4) is 0 Å². The zero-order chi connectivity index (χ0) is 14.9. The Morgan fingerprint density at radius 1 is 0.750 bits per heavy atom. The van der Waals surface area contributed by atoms with E-state index in [0.717, 1.165) is 6.42 Å². The van der Waals surface area contributed by atoms with Gasteiger partial charge in [-0.3, -0.25) is 4.79 Å². The Morgan fingerprint density at radius 3 is 1.65 bits per heavy atom. The summed E-state index contributed by atoms with van der Waals surface area (Å²) < 4.78 is 0. The largest absolute Gasteiger partial charge is 0.481 e. The Balaban J connectivity index is 3.14. The molecule has 0 atom stereocenters. The molecule has 0 unspecified atom stereocenters. The molecular formula is C18H32O2. The topological polar surface area (TPSA) is 37.3 Å². The quantitative estimate of drug-likeness (QED) is 0.318. The van der Waals surface area contributed by atoms with Crippen molar-refractivity contribution in [2.75, 3.05) is 0 Å². The van der Waals surface area contributed by atoms with Crippen LogP contribution >= 0.6 is 0 Å². The lowest BCUT2D eigenvalue weighted by atomic mass is 10.1. The first-order valence-electron chi connectivity index (χ1n) is 8.29. The molecule has 0 aromatic heterocycles. The molecule has 0 amide bonds. The molecule has 0 spiro atoms. The highest BCUT2D eigenvalue weighted by Gasteiger charge is 1.92. The van der Waals surface area contributed by atoms with E-state index < -0.39 is 5.97 Å². The number of aliphatic carboxylic acids is 1. The molecule has 116 valence electrons. The van der Waals surface area contributed by atoms with Gasteiger partial charge in [0.2, 0.25) is 0 Å². The van der Waals surface area contributed by atoms with Gasteiger partial charge in [0.1, 0.15) is 0 Å². The molecule has 0 aliphatic carbocycles. The van der Waals surface area contributed by atoms with E-state index >= 15 is 0 Å². The molecule has 0 aromatic rings. The molecule has 0 fully saturated rings. The second-order valence-electron chi connectivity index (χ2n) is 5.36. The molecule has 0 bridgehead atoms. The van der Waals surface area contributed by atoms with Crippen molar-refractivity contribution >= 4 is 5.97 Å². The van der Waals surface area contributed by atoms with Gasteiger partial charge in [0, 0.05) is 6.42 Å². The second-order valence-corrected chi connectivity index (χ2v) is 5.36. The smallest absolute Gasteiger partial charge is 0.303 e. The summed E-state index contributed by atoms with van der Waals surface area (Å²) in [5, 5.41) is 8.48. The average Bonchev–Trinajstić information content (AvgIpc) is 2.43. The maximum atomic E-state index is 10.3. The molecule has 2 nitrogen and oxygen atoms in total. The van der Waals surface area contributed by atoms with E-state index in [4.69, 9.17) is 5.11 Å². The molecule has 2 heteroatoms. The summed E-state index contributed by atoms with van der Waals surface area (Å²) in [5.74, 6) is -0.711. The third kappa shape index (κ3) is 16.9. The first kappa shape index (κ1) is 18.9. The monoisotopic (exact) mass is 280 g/mol. The number of carboxylic acids is 1. The summed E-state index contributed by atoms with van der Waals surface area (Å²) in [5.41, 5.74) is 0. The standard InChI is InChI=1S/C18H32O2/c1-2-3-4-5-6-7-8-9-10-11-12-13-14-15-16-17-18(19)20/h6-7,14-15H,2-5,8-13,16-17H2,1H3,(H,19,20)/b7-6+,15-14+. The number of carboxylic acid groups (broad SMARTS) is 1. The van der Waals surface area contributed by atoms with Gasteiger partial charge in [-0.15, -0.1) is 0 Å². The minimum Gasteiger partial charge on any atom is -0.481 e. The highest BCUT2D eigenvalue weighted by Crippen LogP contribution is 2.08. The van der Waals surface area contributed by atoms with Gasteiger partial charge in [-0.05, 0) is 44.9 Å². The highest BCUT2D eigenvalue weighted by molar-refractivity contribution is 5.66. The lowest BCUT2D eigenvalue weighted by Gasteiger charge is -1.97. The van der Waals surface area contributed by atoms with Gasteiger partial charge in [0.15, 0.2) is 0 Å². The second kappa shape index (κ2) is 16.0. The van der Waals surface area contributed by atoms with Crippen LogP contribution < -0.4 is 0 Å². The molecule has 0 saturated carbocycles. The van der Waals surface area contributed by atoms with Gasteiger partial charge < -0.3 is 5.11 Å². The third-order valence-electron chi connectivity index (χ3n) is 3.32. The van der Waals surface area contributed by atoms with Gasteiger partial charge in [-0.2, -0.15) is 0 Å². The van der Waals surface area contributed by atoms with Gasteiger partial charge in [0.25, 0.3) is 0 Å². The molecule has 0 heterocycles. The fourth-order valence-corrected chi connectivity index (χ4v) is 2.07. The van der Waals surface area contributed by atoms with E-state index in [1.807, 2.05) is 6.08 Å². The molecule has 20 heavy (non-hydrogen) atoms. The average molecular weight is 280 g/mol. The van der Waals surface area contributed by atoms with E-state index in [1.54, 1.807) is 0 Å². The zero-order valence-corrected chi connectivity index (χ0v) is 13.2. The van der Waals surface area contributed by atoms with Gasteiger partial charge >= 0.3 is 5.97 Å². The van der Waals surface area contributed by atoms with E-state index in [-0.39, 0.29) is 6.42 Å². The number of carbonyl (C=O) groups is 1. The van der Waals surface area contributed by atoms with Gasteiger partial charge in [0.05, 0.1) is 0 Å². The van der Waals surface area contributed by atoms with E-state index in [0.29, 0.717) is 6.42 Å². The number of hydrogen-bond donors (Lipinski definition) is 1. The lowest BCUT2D eigenvalue weighted by Crippen LogP contribution is -1.91. The van der Waals surface area contributed by atoms with Crippen molar-refractivity contribution in [1.29, 1.82) is 0 Å². The van der Waals surface area contributed by atoms with Gasteiger partial charge in [-0.1, -0.05) is 56.9 Å². The number of rotatable bonds is 14. The number of allylic oxidation sites excluding steroid dienone is 4. The lowest BCUT2D eigenvalue weighted by molar-refractivity contribution is -0.136. The fraction of sp³-hybridized carbons (Fsp3) is 0.722. The summed E-state index contributed by atoms with van der Waals surface area (Å²) in [6.07, 6.45) is 22.4. The molecule has 0 radical (unpaired) electrons. The molecular weight excluding hydrogens is 248 g/mol. The number of unbranched alkanes of at least 4 members (excludes halogenated alkanes) is 8. The van der Waals surface area contributed by atoms with Gasteiger partial charge in [-0.25, -0.2) is 0 Å². The third-order valence-corrected chi connectivity index (χ3v) is 3.32. The summed E-state index contributed by atoms with van der Waals surface area (Å²) in [6.45, 7) is 2.24.